The van der Waals surface area contributed by atoms with E-state index in [1.54, 1.807) is 4.40 Å². The Bertz CT molecular complexity index is 1130. The third-order valence-electron chi connectivity index (χ3n) is 4.40. The standard InChI is InChI=1S/C20H20N6O2/c1-3-6-16-22-20(28-25-16)14-9-10-17-23-24-18(26(17)12-14)11-19(27)21-15-8-5-4-7-13(15)2/h4-5,7-10,12H,3,6,11H2,1-2H3,(H,21,27). The summed E-state index contributed by atoms with van der Waals surface area (Å²) in [5.41, 5.74) is 3.19. The molecular weight excluding hydrogens is 356 g/mol. The second-order valence-electron chi connectivity index (χ2n) is 6.57. The molecule has 3 heterocycles. The number of anilines is 1. The number of carbonyl (C=O) groups is 1. The molecule has 0 atom stereocenters. The molecule has 0 spiro atoms. The van der Waals surface area contributed by atoms with Gasteiger partial charge >= 0.3 is 0 Å². The highest BCUT2D eigenvalue weighted by Gasteiger charge is 2.14. The third kappa shape index (κ3) is 3.62. The van der Waals surface area contributed by atoms with Gasteiger partial charge in [-0.2, -0.15) is 4.98 Å². The van der Waals surface area contributed by atoms with Crippen molar-refractivity contribution < 1.29 is 9.32 Å². The number of benzene rings is 1. The molecule has 28 heavy (non-hydrogen) atoms. The summed E-state index contributed by atoms with van der Waals surface area (Å²) in [6, 6.07) is 11.3. The van der Waals surface area contributed by atoms with E-state index in [0.717, 1.165) is 29.7 Å². The van der Waals surface area contributed by atoms with E-state index in [9.17, 15) is 4.79 Å². The van der Waals surface area contributed by atoms with Crippen LogP contribution in [-0.2, 0) is 17.6 Å². The van der Waals surface area contributed by atoms with E-state index in [1.165, 1.54) is 0 Å². The van der Waals surface area contributed by atoms with Crippen molar-refractivity contribution in [3.8, 4) is 11.5 Å². The average Bonchev–Trinajstić information content (AvgIpc) is 3.31. The van der Waals surface area contributed by atoms with Gasteiger partial charge in [0.25, 0.3) is 5.89 Å². The van der Waals surface area contributed by atoms with Crippen molar-refractivity contribution in [3.05, 3.63) is 59.8 Å². The summed E-state index contributed by atoms with van der Waals surface area (Å²) in [6.45, 7) is 4.01. The van der Waals surface area contributed by atoms with Gasteiger partial charge < -0.3 is 9.84 Å². The molecule has 0 aliphatic carbocycles. The Morgan fingerprint density at radius 1 is 1.18 bits per heavy atom. The lowest BCUT2D eigenvalue weighted by molar-refractivity contribution is -0.115. The van der Waals surface area contributed by atoms with Crippen LogP contribution in [0.5, 0.6) is 0 Å². The Kier molecular flexibility index (Phi) is 4.84. The van der Waals surface area contributed by atoms with Crippen molar-refractivity contribution in [2.45, 2.75) is 33.1 Å². The van der Waals surface area contributed by atoms with Crippen LogP contribution in [0.4, 0.5) is 5.69 Å². The fourth-order valence-electron chi connectivity index (χ4n) is 2.93. The van der Waals surface area contributed by atoms with Crippen LogP contribution < -0.4 is 5.32 Å². The maximum atomic E-state index is 12.5. The number of aromatic nitrogens is 5. The summed E-state index contributed by atoms with van der Waals surface area (Å²) < 4.78 is 7.12. The lowest BCUT2D eigenvalue weighted by atomic mass is 10.2. The van der Waals surface area contributed by atoms with Crippen LogP contribution >= 0.6 is 0 Å². The van der Waals surface area contributed by atoms with E-state index in [1.807, 2.05) is 49.5 Å². The zero-order valence-corrected chi connectivity index (χ0v) is 15.7. The summed E-state index contributed by atoms with van der Waals surface area (Å²) in [4.78, 5) is 16.9. The van der Waals surface area contributed by atoms with Crippen LogP contribution in [-0.4, -0.2) is 30.6 Å². The Hall–Kier alpha value is -3.55. The van der Waals surface area contributed by atoms with Gasteiger partial charge in [-0.3, -0.25) is 9.20 Å². The summed E-state index contributed by atoms with van der Waals surface area (Å²) in [6.07, 6.45) is 3.63. The van der Waals surface area contributed by atoms with E-state index in [2.05, 4.69) is 32.6 Å². The van der Waals surface area contributed by atoms with Gasteiger partial charge in [0, 0.05) is 18.3 Å². The third-order valence-corrected chi connectivity index (χ3v) is 4.40. The molecule has 4 rings (SSSR count). The highest BCUT2D eigenvalue weighted by Crippen LogP contribution is 2.19. The molecule has 1 amide bonds. The van der Waals surface area contributed by atoms with Crippen LogP contribution in [0.1, 0.15) is 30.6 Å². The van der Waals surface area contributed by atoms with Gasteiger partial charge in [0.15, 0.2) is 11.5 Å². The molecule has 8 nitrogen and oxygen atoms in total. The molecule has 0 fully saturated rings. The molecule has 1 aromatic carbocycles. The summed E-state index contributed by atoms with van der Waals surface area (Å²) in [5.74, 6) is 1.50. The van der Waals surface area contributed by atoms with E-state index in [0.29, 0.717) is 23.2 Å². The molecule has 8 heteroatoms. The van der Waals surface area contributed by atoms with Crippen LogP contribution in [0.3, 0.4) is 0 Å². The van der Waals surface area contributed by atoms with Crippen molar-refractivity contribution in [1.29, 1.82) is 0 Å². The lowest BCUT2D eigenvalue weighted by Crippen LogP contribution is -2.16. The predicted octanol–water partition coefficient (Wildman–Crippen LogP) is 3.22. The van der Waals surface area contributed by atoms with E-state index >= 15 is 0 Å². The molecule has 0 aliphatic rings. The number of hydrogen-bond donors (Lipinski definition) is 1. The number of para-hydroxylation sites is 1. The number of carbonyl (C=O) groups excluding carboxylic acids is 1. The molecule has 0 bridgehead atoms. The first kappa shape index (κ1) is 17.8. The van der Waals surface area contributed by atoms with Crippen molar-refractivity contribution >= 4 is 17.2 Å². The maximum absolute atomic E-state index is 12.5. The number of rotatable bonds is 6. The van der Waals surface area contributed by atoms with E-state index < -0.39 is 0 Å². The van der Waals surface area contributed by atoms with Gasteiger partial charge in [-0.15, -0.1) is 10.2 Å². The zero-order valence-electron chi connectivity index (χ0n) is 15.7. The maximum Gasteiger partial charge on any atom is 0.259 e. The molecule has 0 saturated carbocycles. The number of aryl methyl sites for hydroxylation is 2. The minimum atomic E-state index is -0.156. The first-order chi connectivity index (χ1) is 13.6. The molecule has 0 saturated heterocycles. The van der Waals surface area contributed by atoms with E-state index in [-0.39, 0.29) is 12.3 Å². The Morgan fingerprint density at radius 3 is 2.86 bits per heavy atom. The van der Waals surface area contributed by atoms with Crippen LogP contribution in [0.25, 0.3) is 17.1 Å². The molecule has 3 aromatic heterocycles. The van der Waals surface area contributed by atoms with Gasteiger partial charge in [-0.25, -0.2) is 0 Å². The Balaban J connectivity index is 1.57. The van der Waals surface area contributed by atoms with Crippen LogP contribution in [0.2, 0.25) is 0 Å². The smallest absolute Gasteiger partial charge is 0.259 e. The molecule has 1 N–H and O–H groups in total. The molecular formula is C20H20N6O2. The van der Waals surface area contributed by atoms with Gasteiger partial charge in [-0.05, 0) is 37.1 Å². The molecule has 4 aromatic rings. The minimum Gasteiger partial charge on any atom is -0.334 e. The molecule has 0 radical (unpaired) electrons. The number of nitrogens with zero attached hydrogens (tertiary/aromatic N) is 5. The monoisotopic (exact) mass is 376 g/mol. The van der Waals surface area contributed by atoms with E-state index in [4.69, 9.17) is 4.52 Å². The largest absolute Gasteiger partial charge is 0.334 e. The van der Waals surface area contributed by atoms with Crippen molar-refractivity contribution in [2.24, 2.45) is 0 Å². The number of pyridine rings is 1. The SMILES string of the molecule is CCCc1noc(-c2ccc3nnc(CC(=O)Nc4ccccc4C)n3c2)n1. The quantitative estimate of drug-likeness (QED) is 0.555. The van der Waals surface area contributed by atoms with Crippen molar-refractivity contribution in [1.82, 2.24) is 24.7 Å². The van der Waals surface area contributed by atoms with Gasteiger partial charge in [0.05, 0.1) is 12.0 Å². The van der Waals surface area contributed by atoms with Crippen molar-refractivity contribution in [3.63, 3.8) is 0 Å². The normalized spacial score (nSPS) is 11.1. The Labute approximate surface area is 161 Å². The summed E-state index contributed by atoms with van der Waals surface area (Å²) in [5, 5.41) is 15.2. The minimum absolute atomic E-state index is 0.101. The van der Waals surface area contributed by atoms with Crippen LogP contribution in [0, 0.1) is 6.92 Å². The zero-order chi connectivity index (χ0) is 19.5. The first-order valence-electron chi connectivity index (χ1n) is 9.16. The fraction of sp³-hybridized carbons (Fsp3) is 0.250. The van der Waals surface area contributed by atoms with Gasteiger partial charge in [0.1, 0.15) is 5.82 Å². The fourth-order valence-corrected chi connectivity index (χ4v) is 2.93. The summed E-state index contributed by atoms with van der Waals surface area (Å²) >= 11 is 0. The first-order valence-corrected chi connectivity index (χ1v) is 9.16. The van der Waals surface area contributed by atoms with Crippen molar-refractivity contribution in [2.75, 3.05) is 5.32 Å². The lowest BCUT2D eigenvalue weighted by Gasteiger charge is -2.07. The Morgan fingerprint density at radius 2 is 2.04 bits per heavy atom. The molecule has 142 valence electrons. The molecule has 0 unspecified atom stereocenters. The number of amides is 1. The van der Waals surface area contributed by atoms with Gasteiger partial charge in [0.2, 0.25) is 5.91 Å². The predicted molar refractivity (Wildman–Crippen MR) is 104 cm³/mol. The second-order valence-corrected chi connectivity index (χ2v) is 6.57. The highest BCUT2D eigenvalue weighted by molar-refractivity contribution is 5.92. The number of fused-ring (bicyclic) bond motifs is 1. The summed E-state index contributed by atoms with van der Waals surface area (Å²) in [7, 11) is 0. The average molecular weight is 376 g/mol. The van der Waals surface area contributed by atoms with Crippen LogP contribution in [0.15, 0.2) is 47.1 Å². The number of nitrogens with one attached hydrogen (secondary N) is 1. The second kappa shape index (κ2) is 7.59. The van der Waals surface area contributed by atoms with Gasteiger partial charge in [-0.1, -0.05) is 30.3 Å². The number of hydrogen-bond acceptors (Lipinski definition) is 6. The molecule has 0 aliphatic heterocycles. The topological polar surface area (TPSA) is 98.2 Å². The highest BCUT2D eigenvalue weighted by atomic mass is 16.5.